The lowest BCUT2D eigenvalue weighted by molar-refractivity contribution is -0.149. The zero-order valence-electron chi connectivity index (χ0n) is 7.32. The number of ketones is 1. The summed E-state index contributed by atoms with van der Waals surface area (Å²) >= 11 is 0. The second-order valence-corrected chi connectivity index (χ2v) is 2.80. The molecule has 84 valence electrons. The van der Waals surface area contributed by atoms with Crippen molar-refractivity contribution in [2.45, 2.75) is 24.4 Å². The standard InChI is InChI=1S/C7H14O7/c8-1-3(10)5(12)7(14)6(13)4(11)2-9/h3,5-10,12-14H,1-2H2/t3-,5+,6+,7-/m0/s1. The van der Waals surface area contributed by atoms with E-state index in [9.17, 15) is 4.79 Å². The molecule has 7 heteroatoms. The number of carbonyl (C=O) groups excluding carboxylic acids is 1. The van der Waals surface area contributed by atoms with Crippen LogP contribution in [0.1, 0.15) is 0 Å². The molecule has 0 amide bonds. The average molecular weight is 210 g/mol. The molecular formula is C7H14O7. The number of carbonyl (C=O) groups is 1. The largest absolute Gasteiger partial charge is 0.394 e. The molecule has 0 fully saturated rings. The monoisotopic (exact) mass is 210 g/mol. The molecule has 0 rings (SSSR count). The van der Waals surface area contributed by atoms with Gasteiger partial charge in [0.15, 0.2) is 5.78 Å². The first kappa shape index (κ1) is 13.4. The zero-order valence-corrected chi connectivity index (χ0v) is 7.32. The van der Waals surface area contributed by atoms with Gasteiger partial charge < -0.3 is 30.6 Å². The maximum atomic E-state index is 10.7. The third kappa shape index (κ3) is 3.29. The summed E-state index contributed by atoms with van der Waals surface area (Å²) in [5.41, 5.74) is 0. The van der Waals surface area contributed by atoms with Crippen LogP contribution in [0.4, 0.5) is 0 Å². The molecule has 6 N–H and O–H groups in total. The van der Waals surface area contributed by atoms with Crippen molar-refractivity contribution in [2.24, 2.45) is 0 Å². The third-order valence-corrected chi connectivity index (χ3v) is 1.74. The molecule has 0 bridgehead atoms. The molecule has 0 aromatic rings. The molecular weight excluding hydrogens is 196 g/mol. The predicted octanol–water partition coefficient (Wildman–Crippen LogP) is -4.02. The Kier molecular flexibility index (Phi) is 5.77. The Labute approximate surface area is 79.9 Å². The number of hydrogen-bond donors (Lipinski definition) is 6. The van der Waals surface area contributed by atoms with Crippen LogP contribution in [0.5, 0.6) is 0 Å². The van der Waals surface area contributed by atoms with Crippen molar-refractivity contribution in [1.82, 2.24) is 0 Å². The minimum Gasteiger partial charge on any atom is -0.394 e. The minimum absolute atomic E-state index is 0.821. The minimum atomic E-state index is -1.99. The first-order valence-electron chi connectivity index (χ1n) is 3.92. The lowest BCUT2D eigenvalue weighted by Crippen LogP contribution is -2.49. The molecule has 0 heterocycles. The van der Waals surface area contributed by atoms with Crippen molar-refractivity contribution in [3.8, 4) is 0 Å². The smallest absolute Gasteiger partial charge is 0.189 e. The normalized spacial score (nSPS) is 19.9. The maximum Gasteiger partial charge on any atom is 0.189 e. The predicted molar refractivity (Wildman–Crippen MR) is 43.2 cm³/mol. The highest BCUT2D eigenvalue weighted by molar-refractivity contribution is 5.84. The summed E-state index contributed by atoms with van der Waals surface area (Å²) in [5, 5.41) is 52.7. The van der Waals surface area contributed by atoms with Crippen LogP contribution >= 0.6 is 0 Å². The Hall–Kier alpha value is -0.570. The van der Waals surface area contributed by atoms with Gasteiger partial charge in [0.1, 0.15) is 31.0 Å². The van der Waals surface area contributed by atoms with Crippen molar-refractivity contribution in [1.29, 1.82) is 0 Å². The molecule has 0 aromatic carbocycles. The van der Waals surface area contributed by atoms with Crippen LogP contribution in [0.2, 0.25) is 0 Å². The van der Waals surface area contributed by atoms with Gasteiger partial charge in [0.25, 0.3) is 0 Å². The molecule has 0 aliphatic carbocycles. The van der Waals surface area contributed by atoms with Crippen LogP contribution in [0.3, 0.4) is 0 Å². The summed E-state index contributed by atoms with van der Waals surface area (Å²) in [5.74, 6) is -1.08. The Bertz CT molecular complexity index is 183. The SMILES string of the molecule is O=C(CO)[C@@H](O)[C@@H](O)[C@H](O)[C@@H](O)CO. The van der Waals surface area contributed by atoms with Gasteiger partial charge in [-0.15, -0.1) is 0 Å². The first-order valence-corrected chi connectivity index (χ1v) is 3.92. The lowest BCUT2D eigenvalue weighted by Gasteiger charge is -2.24. The summed E-state index contributed by atoms with van der Waals surface area (Å²) in [6.45, 7) is -1.81. The fraction of sp³-hybridized carbons (Fsp3) is 0.857. The van der Waals surface area contributed by atoms with Crippen LogP contribution in [-0.2, 0) is 4.79 Å². The van der Waals surface area contributed by atoms with Gasteiger partial charge in [0.05, 0.1) is 6.61 Å². The van der Waals surface area contributed by atoms with E-state index in [1.165, 1.54) is 0 Å². The topological polar surface area (TPSA) is 138 Å². The quantitative estimate of drug-likeness (QED) is 0.262. The first-order chi connectivity index (χ1) is 6.45. The van der Waals surface area contributed by atoms with Gasteiger partial charge in [0.2, 0.25) is 0 Å². The third-order valence-electron chi connectivity index (χ3n) is 1.74. The number of Topliss-reactive ketones (excluding diaryl/α,β-unsaturated/α-hetero) is 1. The molecule has 7 nitrogen and oxygen atoms in total. The molecule has 0 saturated heterocycles. The highest BCUT2D eigenvalue weighted by Crippen LogP contribution is 2.05. The summed E-state index contributed by atoms with van der Waals surface area (Å²) in [4.78, 5) is 10.7. The summed E-state index contributed by atoms with van der Waals surface area (Å²) < 4.78 is 0. The van der Waals surface area contributed by atoms with Gasteiger partial charge in [-0.3, -0.25) is 4.79 Å². The van der Waals surface area contributed by atoms with E-state index in [2.05, 4.69) is 0 Å². The summed E-state index contributed by atoms with van der Waals surface area (Å²) in [6.07, 6.45) is -7.45. The summed E-state index contributed by atoms with van der Waals surface area (Å²) in [6, 6.07) is 0. The van der Waals surface area contributed by atoms with Crippen LogP contribution in [0.25, 0.3) is 0 Å². The molecule has 4 atom stereocenters. The number of aliphatic hydroxyl groups is 6. The van der Waals surface area contributed by atoms with Crippen molar-refractivity contribution < 1.29 is 35.4 Å². The van der Waals surface area contributed by atoms with E-state index >= 15 is 0 Å². The fourth-order valence-corrected chi connectivity index (χ4v) is 0.806. The Balaban J connectivity index is 4.30. The van der Waals surface area contributed by atoms with Crippen molar-refractivity contribution in [3.05, 3.63) is 0 Å². The van der Waals surface area contributed by atoms with Crippen LogP contribution in [0, 0.1) is 0 Å². The van der Waals surface area contributed by atoms with Gasteiger partial charge in [-0.05, 0) is 0 Å². The van der Waals surface area contributed by atoms with Crippen molar-refractivity contribution in [3.63, 3.8) is 0 Å². The van der Waals surface area contributed by atoms with E-state index < -0.39 is 43.4 Å². The van der Waals surface area contributed by atoms with Gasteiger partial charge in [-0.25, -0.2) is 0 Å². The average Bonchev–Trinajstić information content (AvgIpc) is 2.23. The highest BCUT2D eigenvalue weighted by atomic mass is 16.4. The lowest BCUT2D eigenvalue weighted by atomic mass is 10.0. The van der Waals surface area contributed by atoms with E-state index in [1.54, 1.807) is 0 Å². The molecule has 0 aliphatic rings. The van der Waals surface area contributed by atoms with E-state index in [1.807, 2.05) is 0 Å². The van der Waals surface area contributed by atoms with Crippen LogP contribution < -0.4 is 0 Å². The van der Waals surface area contributed by atoms with Gasteiger partial charge in [-0.2, -0.15) is 0 Å². The van der Waals surface area contributed by atoms with E-state index in [-0.39, 0.29) is 0 Å². The van der Waals surface area contributed by atoms with E-state index in [4.69, 9.17) is 30.6 Å². The van der Waals surface area contributed by atoms with Gasteiger partial charge in [-0.1, -0.05) is 0 Å². The van der Waals surface area contributed by atoms with Gasteiger partial charge >= 0.3 is 0 Å². The van der Waals surface area contributed by atoms with Crippen molar-refractivity contribution >= 4 is 5.78 Å². The van der Waals surface area contributed by atoms with Crippen LogP contribution in [0.15, 0.2) is 0 Å². The highest BCUT2D eigenvalue weighted by Gasteiger charge is 2.33. The number of rotatable bonds is 6. The second kappa shape index (κ2) is 6.02. The molecule has 0 spiro atoms. The van der Waals surface area contributed by atoms with Crippen molar-refractivity contribution in [2.75, 3.05) is 13.2 Å². The second-order valence-electron chi connectivity index (χ2n) is 2.80. The fourth-order valence-electron chi connectivity index (χ4n) is 0.806. The van der Waals surface area contributed by atoms with Crippen LogP contribution in [-0.4, -0.2) is 74.1 Å². The molecule has 0 radical (unpaired) electrons. The Morgan fingerprint density at radius 1 is 1.00 bits per heavy atom. The number of aliphatic hydroxyl groups excluding tert-OH is 6. The molecule has 0 unspecified atom stereocenters. The van der Waals surface area contributed by atoms with E-state index in [0.717, 1.165) is 0 Å². The van der Waals surface area contributed by atoms with Gasteiger partial charge in [0, 0.05) is 0 Å². The number of hydrogen-bond acceptors (Lipinski definition) is 7. The molecule has 0 aromatic heterocycles. The molecule has 0 aliphatic heterocycles. The molecule has 0 saturated carbocycles. The molecule has 14 heavy (non-hydrogen) atoms. The Morgan fingerprint density at radius 2 is 1.50 bits per heavy atom. The zero-order chi connectivity index (χ0) is 11.3. The maximum absolute atomic E-state index is 10.7. The summed E-state index contributed by atoms with van der Waals surface area (Å²) in [7, 11) is 0. The Morgan fingerprint density at radius 3 is 1.86 bits per heavy atom. The van der Waals surface area contributed by atoms with E-state index in [0.29, 0.717) is 0 Å².